The quantitative estimate of drug-likeness (QED) is 0.792. The smallest absolute Gasteiger partial charge is 0.331 e. The average Bonchev–Trinajstić information content (AvgIpc) is 2.51. The van der Waals surface area contributed by atoms with Crippen molar-refractivity contribution in [3.8, 4) is 0 Å². The van der Waals surface area contributed by atoms with Crippen molar-refractivity contribution in [2.24, 2.45) is 5.92 Å². The Morgan fingerprint density at radius 3 is 2.73 bits per heavy atom. The van der Waals surface area contributed by atoms with E-state index < -0.39 is 0 Å². The van der Waals surface area contributed by atoms with Gasteiger partial charge in [-0.25, -0.2) is 4.79 Å². The summed E-state index contributed by atoms with van der Waals surface area (Å²) >= 11 is 3.30. The minimum Gasteiger partial charge on any atom is -0.464 e. The van der Waals surface area contributed by atoms with Gasteiger partial charge in [-0.3, -0.25) is 4.68 Å². The number of aromatic nitrogens is 2. The Kier molecular flexibility index (Phi) is 4.32. The van der Waals surface area contributed by atoms with Gasteiger partial charge in [0.15, 0.2) is 6.04 Å². The van der Waals surface area contributed by atoms with E-state index in [1.807, 2.05) is 13.8 Å². The van der Waals surface area contributed by atoms with Crippen LogP contribution in [-0.2, 0) is 9.53 Å². The van der Waals surface area contributed by atoms with Crippen molar-refractivity contribution in [1.82, 2.24) is 9.78 Å². The Hall–Kier alpha value is -0.840. The highest BCUT2D eigenvalue weighted by Gasteiger charge is 2.25. The molecule has 1 aromatic heterocycles. The van der Waals surface area contributed by atoms with Crippen molar-refractivity contribution >= 4 is 21.9 Å². The number of hydrogen-bond donors (Lipinski definition) is 0. The lowest BCUT2D eigenvalue weighted by atomic mass is 10.1. The van der Waals surface area contributed by atoms with Crippen LogP contribution in [0.5, 0.6) is 0 Å². The molecular weight excluding hydrogens is 260 g/mol. The number of rotatable bonds is 4. The third kappa shape index (κ3) is 3.06. The molecule has 1 unspecified atom stereocenters. The molecule has 84 valence electrons. The van der Waals surface area contributed by atoms with Crippen molar-refractivity contribution in [3.05, 3.63) is 16.9 Å². The lowest BCUT2D eigenvalue weighted by Crippen LogP contribution is -2.26. The zero-order valence-corrected chi connectivity index (χ0v) is 10.7. The van der Waals surface area contributed by atoms with Gasteiger partial charge in [0.2, 0.25) is 0 Å². The molecule has 0 saturated heterocycles. The van der Waals surface area contributed by atoms with Crippen LogP contribution >= 0.6 is 15.9 Å². The Balaban J connectivity index is 2.88. The fourth-order valence-electron chi connectivity index (χ4n) is 1.38. The predicted molar refractivity (Wildman–Crippen MR) is 60.4 cm³/mol. The molecule has 0 aromatic carbocycles. The first kappa shape index (κ1) is 12.2. The van der Waals surface area contributed by atoms with Gasteiger partial charge in [0.25, 0.3) is 0 Å². The van der Waals surface area contributed by atoms with E-state index in [1.54, 1.807) is 24.0 Å². The second-order valence-corrected chi connectivity index (χ2v) is 4.50. The minimum atomic E-state index is -0.351. The predicted octanol–water partition coefficient (Wildman–Crippen LogP) is 2.41. The second kappa shape index (κ2) is 5.30. The lowest BCUT2D eigenvalue weighted by molar-refractivity contribution is -0.149. The van der Waals surface area contributed by atoms with Crippen molar-refractivity contribution in [2.45, 2.75) is 26.8 Å². The van der Waals surface area contributed by atoms with Crippen LogP contribution < -0.4 is 0 Å². The highest BCUT2D eigenvalue weighted by molar-refractivity contribution is 9.10. The third-order valence-corrected chi connectivity index (χ3v) is 2.42. The normalized spacial score (nSPS) is 12.9. The Morgan fingerprint density at radius 2 is 2.33 bits per heavy atom. The molecule has 1 aromatic rings. The second-order valence-electron chi connectivity index (χ2n) is 3.58. The first-order valence-corrected chi connectivity index (χ1v) is 5.71. The number of esters is 1. The van der Waals surface area contributed by atoms with Gasteiger partial charge < -0.3 is 4.74 Å². The SMILES string of the molecule is CCOC(=O)C(C(C)C)n1cc(Br)cn1. The molecule has 0 aliphatic rings. The molecule has 1 atom stereocenters. The third-order valence-electron chi connectivity index (χ3n) is 2.01. The fraction of sp³-hybridized carbons (Fsp3) is 0.600. The van der Waals surface area contributed by atoms with Gasteiger partial charge in [-0.2, -0.15) is 5.10 Å². The molecule has 1 heterocycles. The van der Waals surface area contributed by atoms with Crippen LogP contribution in [-0.4, -0.2) is 22.4 Å². The molecule has 15 heavy (non-hydrogen) atoms. The number of hydrogen-bond acceptors (Lipinski definition) is 3. The summed E-state index contributed by atoms with van der Waals surface area (Å²) in [5.41, 5.74) is 0. The summed E-state index contributed by atoms with van der Waals surface area (Å²) < 4.78 is 7.50. The van der Waals surface area contributed by atoms with Crippen LogP contribution in [0.2, 0.25) is 0 Å². The van der Waals surface area contributed by atoms with Crippen LogP contribution in [0.15, 0.2) is 16.9 Å². The Morgan fingerprint density at radius 1 is 1.67 bits per heavy atom. The van der Waals surface area contributed by atoms with Gasteiger partial charge in [-0.05, 0) is 28.8 Å². The molecule has 0 spiro atoms. The first-order valence-electron chi connectivity index (χ1n) is 4.92. The van der Waals surface area contributed by atoms with Gasteiger partial charge in [0.1, 0.15) is 0 Å². The molecule has 0 radical (unpaired) electrons. The molecule has 1 rings (SSSR count). The van der Waals surface area contributed by atoms with Gasteiger partial charge in [0.05, 0.1) is 17.3 Å². The summed E-state index contributed by atoms with van der Waals surface area (Å²) in [5, 5.41) is 4.11. The van der Waals surface area contributed by atoms with Gasteiger partial charge in [-0.1, -0.05) is 13.8 Å². The number of nitrogens with zero attached hydrogens (tertiary/aromatic N) is 2. The van der Waals surface area contributed by atoms with E-state index in [1.165, 1.54) is 0 Å². The molecule has 0 aliphatic heterocycles. The van der Waals surface area contributed by atoms with Crippen molar-refractivity contribution in [3.63, 3.8) is 0 Å². The van der Waals surface area contributed by atoms with Gasteiger partial charge in [0, 0.05) is 6.20 Å². The Bertz CT molecular complexity index is 336. The minimum absolute atomic E-state index is 0.149. The van der Waals surface area contributed by atoms with E-state index in [0.717, 1.165) is 4.47 Å². The van der Waals surface area contributed by atoms with E-state index in [4.69, 9.17) is 4.74 Å². The van der Waals surface area contributed by atoms with Crippen molar-refractivity contribution in [2.75, 3.05) is 6.61 Å². The molecule has 0 amide bonds. The summed E-state index contributed by atoms with van der Waals surface area (Å²) in [7, 11) is 0. The number of carbonyl (C=O) groups is 1. The number of halogens is 1. The van der Waals surface area contributed by atoms with Crippen LogP contribution in [0.1, 0.15) is 26.8 Å². The maximum atomic E-state index is 11.7. The van der Waals surface area contributed by atoms with Gasteiger partial charge >= 0.3 is 5.97 Å². The highest BCUT2D eigenvalue weighted by Crippen LogP contribution is 2.20. The van der Waals surface area contributed by atoms with Crippen LogP contribution in [0, 0.1) is 5.92 Å². The molecule has 4 nitrogen and oxygen atoms in total. The summed E-state index contributed by atoms with van der Waals surface area (Å²) in [4.78, 5) is 11.7. The summed E-state index contributed by atoms with van der Waals surface area (Å²) in [6, 6.07) is -0.351. The largest absolute Gasteiger partial charge is 0.464 e. The number of ether oxygens (including phenoxy) is 1. The van der Waals surface area contributed by atoms with Crippen LogP contribution in [0.4, 0.5) is 0 Å². The Labute approximate surface area is 97.7 Å². The molecule has 0 bridgehead atoms. The average molecular weight is 275 g/mol. The highest BCUT2D eigenvalue weighted by atomic mass is 79.9. The zero-order valence-electron chi connectivity index (χ0n) is 9.11. The van der Waals surface area contributed by atoms with Gasteiger partial charge in [-0.15, -0.1) is 0 Å². The van der Waals surface area contributed by atoms with E-state index in [2.05, 4.69) is 21.0 Å². The molecule has 0 saturated carbocycles. The molecule has 5 heteroatoms. The number of carbonyl (C=O) groups excluding carboxylic acids is 1. The summed E-state index contributed by atoms with van der Waals surface area (Å²) in [6.07, 6.45) is 3.44. The maximum Gasteiger partial charge on any atom is 0.331 e. The van der Waals surface area contributed by atoms with Crippen molar-refractivity contribution < 1.29 is 9.53 Å². The first-order chi connectivity index (χ1) is 7.06. The van der Waals surface area contributed by atoms with E-state index in [-0.39, 0.29) is 17.9 Å². The molecule has 0 N–H and O–H groups in total. The standard InChI is InChI=1S/C10H15BrN2O2/c1-4-15-10(14)9(7(2)3)13-6-8(11)5-12-13/h5-7,9H,4H2,1-3H3. The monoisotopic (exact) mass is 274 g/mol. The zero-order chi connectivity index (χ0) is 11.4. The van der Waals surface area contributed by atoms with Crippen LogP contribution in [0.25, 0.3) is 0 Å². The van der Waals surface area contributed by atoms with E-state index >= 15 is 0 Å². The molecule has 0 aliphatic carbocycles. The van der Waals surface area contributed by atoms with E-state index in [9.17, 15) is 4.79 Å². The van der Waals surface area contributed by atoms with Crippen LogP contribution in [0.3, 0.4) is 0 Å². The maximum absolute atomic E-state index is 11.7. The molecular formula is C10H15BrN2O2. The molecule has 0 fully saturated rings. The topological polar surface area (TPSA) is 44.1 Å². The van der Waals surface area contributed by atoms with Crippen molar-refractivity contribution in [1.29, 1.82) is 0 Å². The fourth-order valence-corrected chi connectivity index (χ4v) is 1.68. The summed E-state index contributed by atoms with van der Waals surface area (Å²) in [6.45, 7) is 6.13. The summed E-state index contributed by atoms with van der Waals surface area (Å²) in [5.74, 6) is -0.0843. The van der Waals surface area contributed by atoms with E-state index in [0.29, 0.717) is 6.61 Å². The lowest BCUT2D eigenvalue weighted by Gasteiger charge is -2.19.